The van der Waals surface area contributed by atoms with Crippen molar-refractivity contribution in [1.82, 2.24) is 24.9 Å². The number of ether oxygens (including phenoxy) is 1. The van der Waals surface area contributed by atoms with Gasteiger partial charge < -0.3 is 19.9 Å². The molecule has 11 heteroatoms. The number of nitrogens with zero attached hydrogens (tertiary/aromatic N) is 6. The first kappa shape index (κ1) is 23.5. The van der Waals surface area contributed by atoms with E-state index < -0.39 is 16.6 Å². The van der Waals surface area contributed by atoms with E-state index in [0.717, 1.165) is 5.39 Å². The van der Waals surface area contributed by atoms with E-state index in [-0.39, 0.29) is 11.4 Å². The molecule has 0 saturated heterocycles. The Morgan fingerprint density at radius 2 is 2.00 bits per heavy atom. The van der Waals surface area contributed by atoms with Crippen molar-refractivity contribution in [2.24, 2.45) is 5.73 Å². The quantitative estimate of drug-likeness (QED) is 0.388. The van der Waals surface area contributed by atoms with Crippen molar-refractivity contribution in [3.05, 3.63) is 76.0 Å². The van der Waals surface area contributed by atoms with Crippen molar-refractivity contribution in [3.8, 4) is 11.4 Å². The minimum atomic E-state index is -1.19. The standard InChI is InChI=1S/C23H27N7O4/c1-28(2)11-12-29(3)23(14-18(30(31)32)16(24)13-20(23)33-4)22-25-10-9-17(26-22)21-15-7-5-6-8-19(15)34-27-21/h5-10,13-14,20H,11-12,24H2,1-4H3. The fraction of sp³-hybridized carbons (Fsp3) is 0.348. The van der Waals surface area contributed by atoms with Crippen molar-refractivity contribution < 1.29 is 14.2 Å². The molecular weight excluding hydrogens is 438 g/mol. The Bertz CT molecular complexity index is 1270. The number of nitrogens with two attached hydrogens (primary N) is 1. The summed E-state index contributed by atoms with van der Waals surface area (Å²) < 4.78 is 11.2. The molecule has 2 N–H and O–H groups in total. The average molecular weight is 466 g/mol. The van der Waals surface area contributed by atoms with Crippen molar-refractivity contribution >= 4 is 11.0 Å². The SMILES string of the molecule is COC1C=C(N)C([N+](=O)[O-])=CC1(c1nccc(-c2noc3ccccc23)n1)N(C)CCN(C)C. The first-order valence-corrected chi connectivity index (χ1v) is 10.7. The number of likely N-dealkylation sites (N-methyl/N-ethyl adjacent to an activating group) is 2. The van der Waals surface area contributed by atoms with Gasteiger partial charge in [0.25, 0.3) is 5.70 Å². The summed E-state index contributed by atoms with van der Waals surface area (Å²) in [7, 11) is 7.31. The predicted octanol–water partition coefficient (Wildman–Crippen LogP) is 2.01. The van der Waals surface area contributed by atoms with Gasteiger partial charge in [0.2, 0.25) is 0 Å². The van der Waals surface area contributed by atoms with Crippen molar-refractivity contribution in [3.63, 3.8) is 0 Å². The maximum Gasteiger partial charge on any atom is 0.290 e. The smallest absolute Gasteiger partial charge is 0.290 e. The minimum Gasteiger partial charge on any atom is -0.393 e. The first-order chi connectivity index (χ1) is 16.3. The van der Waals surface area contributed by atoms with Gasteiger partial charge in [-0.15, -0.1) is 0 Å². The number of nitro groups is 1. The van der Waals surface area contributed by atoms with Gasteiger partial charge in [-0.05, 0) is 45.4 Å². The third-order valence-corrected chi connectivity index (χ3v) is 6.02. The van der Waals surface area contributed by atoms with Gasteiger partial charge in [-0.1, -0.05) is 17.3 Å². The fourth-order valence-corrected chi connectivity index (χ4v) is 4.13. The number of benzene rings is 1. The van der Waals surface area contributed by atoms with Crippen LogP contribution < -0.4 is 5.73 Å². The second-order valence-electron chi connectivity index (χ2n) is 8.41. The topological polar surface area (TPSA) is 137 Å². The maximum absolute atomic E-state index is 11.9. The summed E-state index contributed by atoms with van der Waals surface area (Å²) >= 11 is 0. The maximum atomic E-state index is 11.9. The molecule has 2 atom stereocenters. The van der Waals surface area contributed by atoms with E-state index in [1.54, 1.807) is 18.3 Å². The Hall–Kier alpha value is -3.67. The summed E-state index contributed by atoms with van der Waals surface area (Å²) in [5.41, 5.74) is 6.37. The van der Waals surface area contributed by atoms with Crippen LogP contribution in [0.5, 0.6) is 0 Å². The summed E-state index contributed by atoms with van der Waals surface area (Å²) in [4.78, 5) is 24.7. The van der Waals surface area contributed by atoms with Crippen molar-refractivity contribution in [1.29, 1.82) is 0 Å². The molecule has 0 radical (unpaired) electrons. The summed E-state index contributed by atoms with van der Waals surface area (Å²) in [6.07, 6.45) is 3.97. The largest absolute Gasteiger partial charge is 0.393 e. The zero-order chi connectivity index (χ0) is 24.5. The highest BCUT2D eigenvalue weighted by atomic mass is 16.6. The van der Waals surface area contributed by atoms with Crippen LogP contribution in [0.1, 0.15) is 5.82 Å². The minimum absolute atomic E-state index is 0.0344. The van der Waals surface area contributed by atoms with Gasteiger partial charge in [-0.3, -0.25) is 15.0 Å². The van der Waals surface area contributed by atoms with E-state index in [1.807, 2.05) is 55.2 Å². The Morgan fingerprint density at radius 3 is 2.71 bits per heavy atom. The number of aromatic nitrogens is 3. The third kappa shape index (κ3) is 4.04. The lowest BCUT2D eigenvalue weighted by atomic mass is 9.83. The third-order valence-electron chi connectivity index (χ3n) is 6.02. The molecule has 4 rings (SSSR count). The normalized spacial score (nSPS) is 20.6. The molecule has 0 saturated carbocycles. The predicted molar refractivity (Wildman–Crippen MR) is 126 cm³/mol. The van der Waals surface area contributed by atoms with Gasteiger partial charge in [-0.25, -0.2) is 9.97 Å². The number of hydrogen-bond donors (Lipinski definition) is 1. The highest BCUT2D eigenvalue weighted by Gasteiger charge is 2.49. The zero-order valence-electron chi connectivity index (χ0n) is 19.5. The monoisotopic (exact) mass is 465 g/mol. The molecule has 11 nitrogen and oxygen atoms in total. The number of methoxy groups -OCH3 is 1. The van der Waals surface area contributed by atoms with Crippen LogP contribution >= 0.6 is 0 Å². The lowest BCUT2D eigenvalue weighted by molar-refractivity contribution is -0.422. The molecule has 3 aromatic rings. The molecule has 2 aromatic heterocycles. The molecule has 0 fully saturated rings. The molecule has 0 amide bonds. The lowest BCUT2D eigenvalue weighted by Crippen LogP contribution is -2.55. The molecule has 2 unspecified atom stereocenters. The molecule has 0 aliphatic heterocycles. The summed E-state index contributed by atoms with van der Waals surface area (Å²) in [6, 6.07) is 9.21. The molecule has 178 valence electrons. The zero-order valence-corrected chi connectivity index (χ0v) is 19.5. The molecule has 1 aliphatic rings. The van der Waals surface area contributed by atoms with Crippen molar-refractivity contribution in [2.45, 2.75) is 11.6 Å². The highest BCUT2D eigenvalue weighted by molar-refractivity contribution is 5.90. The Balaban J connectivity index is 1.91. The van der Waals surface area contributed by atoms with Gasteiger partial charge in [0.1, 0.15) is 23.0 Å². The van der Waals surface area contributed by atoms with E-state index in [0.29, 0.717) is 35.9 Å². The fourth-order valence-electron chi connectivity index (χ4n) is 4.13. The number of para-hydroxylation sites is 1. The lowest BCUT2D eigenvalue weighted by Gasteiger charge is -2.43. The van der Waals surface area contributed by atoms with Crippen LogP contribution in [-0.2, 0) is 10.3 Å². The van der Waals surface area contributed by atoms with Gasteiger partial charge in [0, 0.05) is 32.5 Å². The van der Waals surface area contributed by atoms with E-state index >= 15 is 0 Å². The van der Waals surface area contributed by atoms with Crippen LogP contribution in [0.15, 0.2) is 64.6 Å². The van der Waals surface area contributed by atoms with Crippen LogP contribution in [-0.4, -0.2) is 77.3 Å². The van der Waals surface area contributed by atoms with Gasteiger partial charge in [0.05, 0.1) is 16.0 Å². The summed E-state index contributed by atoms with van der Waals surface area (Å²) in [6.45, 7) is 1.26. The molecule has 1 aliphatic carbocycles. The van der Waals surface area contributed by atoms with E-state index in [4.69, 9.17) is 20.0 Å². The van der Waals surface area contributed by atoms with Crippen LogP contribution in [0.3, 0.4) is 0 Å². The van der Waals surface area contributed by atoms with Crippen LogP contribution in [0.25, 0.3) is 22.4 Å². The van der Waals surface area contributed by atoms with Gasteiger partial charge >= 0.3 is 0 Å². The second kappa shape index (κ2) is 9.29. The Labute approximate surface area is 196 Å². The van der Waals surface area contributed by atoms with Gasteiger partial charge in [-0.2, -0.15) is 0 Å². The average Bonchev–Trinajstić information content (AvgIpc) is 3.26. The van der Waals surface area contributed by atoms with Gasteiger partial charge in [0.15, 0.2) is 11.4 Å². The summed E-state index contributed by atoms with van der Waals surface area (Å²) in [5, 5.41) is 16.9. The summed E-state index contributed by atoms with van der Waals surface area (Å²) in [5.74, 6) is 0.327. The Morgan fingerprint density at radius 1 is 1.24 bits per heavy atom. The van der Waals surface area contributed by atoms with E-state index in [1.165, 1.54) is 13.2 Å². The highest BCUT2D eigenvalue weighted by Crippen LogP contribution is 2.39. The molecule has 2 heterocycles. The van der Waals surface area contributed by atoms with E-state index in [9.17, 15) is 10.1 Å². The van der Waals surface area contributed by atoms with Crippen LogP contribution in [0, 0.1) is 10.1 Å². The number of hydrogen-bond acceptors (Lipinski definition) is 10. The van der Waals surface area contributed by atoms with Crippen LogP contribution in [0.2, 0.25) is 0 Å². The first-order valence-electron chi connectivity index (χ1n) is 10.7. The van der Waals surface area contributed by atoms with Crippen LogP contribution in [0.4, 0.5) is 0 Å². The molecular formula is C23H27N7O4. The number of fused-ring (bicyclic) bond motifs is 1. The Kier molecular flexibility index (Phi) is 6.42. The molecule has 34 heavy (non-hydrogen) atoms. The second-order valence-corrected chi connectivity index (χ2v) is 8.41. The van der Waals surface area contributed by atoms with E-state index in [2.05, 4.69) is 10.1 Å². The molecule has 0 bridgehead atoms. The molecule has 1 aromatic carbocycles. The van der Waals surface area contributed by atoms with Crippen molar-refractivity contribution in [2.75, 3.05) is 41.3 Å². The number of rotatable bonds is 8. The molecule has 0 spiro atoms.